The zero-order valence-electron chi connectivity index (χ0n) is 12.9. The van der Waals surface area contributed by atoms with E-state index in [0.717, 1.165) is 26.2 Å². The highest BCUT2D eigenvalue weighted by Gasteiger charge is 2.18. The van der Waals surface area contributed by atoms with Gasteiger partial charge in [0, 0.05) is 6.04 Å². The molecule has 3 nitrogen and oxygen atoms in total. The van der Waals surface area contributed by atoms with Gasteiger partial charge in [-0.2, -0.15) is 0 Å². The summed E-state index contributed by atoms with van der Waals surface area (Å²) in [5, 5.41) is 3.21. The van der Waals surface area contributed by atoms with Gasteiger partial charge in [0.2, 0.25) is 0 Å². The van der Waals surface area contributed by atoms with Crippen LogP contribution in [0.5, 0.6) is 0 Å². The number of benzene rings is 1. The Hall–Kier alpha value is -0.900. The van der Waals surface area contributed by atoms with Crippen LogP contribution in [0, 0.1) is 0 Å². The molecular weight excluding hydrogens is 248 g/mol. The lowest BCUT2D eigenvalue weighted by Crippen LogP contribution is -2.39. The summed E-state index contributed by atoms with van der Waals surface area (Å²) in [5.41, 5.74) is 2.74. The lowest BCUT2D eigenvalue weighted by atomic mass is 10.0. The third-order valence-corrected chi connectivity index (χ3v) is 4.25. The van der Waals surface area contributed by atoms with Crippen LogP contribution in [-0.4, -0.2) is 44.7 Å². The highest BCUT2D eigenvalue weighted by atomic mass is 16.5. The molecule has 0 spiro atoms. The number of hydrogen-bond donors (Lipinski definition) is 1. The smallest absolute Gasteiger partial charge is 0.0720 e. The Morgan fingerprint density at radius 3 is 2.80 bits per heavy atom. The number of piperidine rings is 1. The topological polar surface area (TPSA) is 24.5 Å². The van der Waals surface area contributed by atoms with Crippen LogP contribution >= 0.6 is 0 Å². The Morgan fingerprint density at radius 2 is 2.05 bits per heavy atom. The maximum atomic E-state index is 5.99. The third kappa shape index (κ3) is 4.58. The molecule has 1 atom stereocenters. The Labute approximate surface area is 123 Å². The zero-order chi connectivity index (χ0) is 14.2. The van der Waals surface area contributed by atoms with Crippen molar-refractivity contribution in [3.05, 3.63) is 35.4 Å². The van der Waals surface area contributed by atoms with Gasteiger partial charge in [-0.1, -0.05) is 30.7 Å². The standard InChI is InChI=1S/C17H28N2O/c1-18-11-10-15-7-3-4-8-16(15)13-20-14-17-9-5-6-12-19(17)2/h3-4,7-8,17-18H,5-6,9-14H2,1-2H3. The minimum absolute atomic E-state index is 0.605. The molecule has 1 aromatic rings. The van der Waals surface area contributed by atoms with Crippen molar-refractivity contribution in [2.24, 2.45) is 0 Å². The number of likely N-dealkylation sites (N-methyl/N-ethyl adjacent to an activating group) is 2. The van der Waals surface area contributed by atoms with Crippen LogP contribution in [-0.2, 0) is 17.8 Å². The molecule has 0 saturated carbocycles. The number of nitrogens with zero attached hydrogens (tertiary/aromatic N) is 1. The fraction of sp³-hybridized carbons (Fsp3) is 0.647. The fourth-order valence-electron chi connectivity index (χ4n) is 2.86. The Kier molecular flexibility index (Phi) is 6.51. The maximum Gasteiger partial charge on any atom is 0.0720 e. The molecule has 1 fully saturated rings. The van der Waals surface area contributed by atoms with Crippen molar-refractivity contribution in [2.45, 2.75) is 38.3 Å². The molecule has 1 aromatic carbocycles. The maximum absolute atomic E-state index is 5.99. The van der Waals surface area contributed by atoms with Crippen molar-refractivity contribution in [1.29, 1.82) is 0 Å². The summed E-state index contributed by atoms with van der Waals surface area (Å²) in [5.74, 6) is 0. The second kappa shape index (κ2) is 8.40. The minimum Gasteiger partial charge on any atom is -0.375 e. The van der Waals surface area contributed by atoms with Crippen molar-refractivity contribution in [3.63, 3.8) is 0 Å². The summed E-state index contributed by atoms with van der Waals surface area (Å²) in [6.07, 6.45) is 5.02. The van der Waals surface area contributed by atoms with Gasteiger partial charge in [-0.3, -0.25) is 0 Å². The van der Waals surface area contributed by atoms with Gasteiger partial charge in [-0.25, -0.2) is 0 Å². The summed E-state index contributed by atoms with van der Waals surface area (Å²) in [4.78, 5) is 2.44. The monoisotopic (exact) mass is 276 g/mol. The summed E-state index contributed by atoms with van der Waals surface area (Å²) in [6.45, 7) is 3.83. The molecule has 112 valence electrons. The third-order valence-electron chi connectivity index (χ3n) is 4.25. The average Bonchev–Trinajstić information content (AvgIpc) is 2.48. The van der Waals surface area contributed by atoms with Gasteiger partial charge in [0.15, 0.2) is 0 Å². The number of ether oxygens (including phenoxy) is 1. The first-order chi connectivity index (χ1) is 9.81. The predicted molar refractivity (Wildman–Crippen MR) is 84.0 cm³/mol. The van der Waals surface area contributed by atoms with Crippen LogP contribution in [0.3, 0.4) is 0 Å². The van der Waals surface area contributed by atoms with Crippen LogP contribution in [0.1, 0.15) is 30.4 Å². The second-order valence-corrected chi connectivity index (χ2v) is 5.77. The van der Waals surface area contributed by atoms with Crippen LogP contribution in [0.2, 0.25) is 0 Å². The number of rotatable bonds is 7. The molecule has 0 aliphatic carbocycles. The first kappa shape index (κ1) is 15.5. The molecule has 3 heteroatoms. The van der Waals surface area contributed by atoms with Crippen LogP contribution < -0.4 is 5.32 Å². The van der Waals surface area contributed by atoms with E-state index in [-0.39, 0.29) is 0 Å². The van der Waals surface area contributed by atoms with Gasteiger partial charge in [0.05, 0.1) is 13.2 Å². The van der Waals surface area contributed by atoms with Crippen LogP contribution in [0.15, 0.2) is 24.3 Å². The largest absolute Gasteiger partial charge is 0.375 e. The molecule has 2 rings (SSSR count). The lowest BCUT2D eigenvalue weighted by molar-refractivity contribution is 0.0441. The highest BCUT2D eigenvalue weighted by Crippen LogP contribution is 2.16. The lowest BCUT2D eigenvalue weighted by Gasteiger charge is -2.32. The molecule has 1 saturated heterocycles. The first-order valence-electron chi connectivity index (χ1n) is 7.80. The van der Waals surface area contributed by atoms with Crippen molar-refractivity contribution in [2.75, 3.05) is 33.8 Å². The Balaban J connectivity index is 1.81. The van der Waals surface area contributed by atoms with E-state index >= 15 is 0 Å². The van der Waals surface area contributed by atoms with E-state index in [0.29, 0.717) is 6.04 Å². The summed E-state index contributed by atoms with van der Waals surface area (Å²) in [7, 11) is 4.21. The van der Waals surface area contributed by atoms with Crippen molar-refractivity contribution in [1.82, 2.24) is 10.2 Å². The Morgan fingerprint density at radius 1 is 1.25 bits per heavy atom. The molecule has 1 aliphatic heterocycles. The highest BCUT2D eigenvalue weighted by molar-refractivity contribution is 5.26. The van der Waals surface area contributed by atoms with E-state index in [4.69, 9.17) is 4.74 Å². The quantitative estimate of drug-likeness (QED) is 0.828. The molecule has 20 heavy (non-hydrogen) atoms. The van der Waals surface area contributed by atoms with Crippen molar-refractivity contribution in [3.8, 4) is 0 Å². The molecule has 0 amide bonds. The molecule has 1 aliphatic rings. The molecule has 1 unspecified atom stereocenters. The number of hydrogen-bond acceptors (Lipinski definition) is 3. The SMILES string of the molecule is CNCCc1ccccc1COCC1CCCCN1C. The van der Waals surface area contributed by atoms with E-state index in [1.807, 2.05) is 7.05 Å². The van der Waals surface area contributed by atoms with Gasteiger partial charge in [0.1, 0.15) is 0 Å². The van der Waals surface area contributed by atoms with Crippen molar-refractivity contribution < 1.29 is 4.74 Å². The first-order valence-corrected chi connectivity index (χ1v) is 7.80. The normalized spacial score (nSPS) is 20.2. The van der Waals surface area contributed by atoms with Crippen LogP contribution in [0.4, 0.5) is 0 Å². The average molecular weight is 276 g/mol. The molecule has 0 bridgehead atoms. The van der Waals surface area contributed by atoms with Gasteiger partial charge in [0.25, 0.3) is 0 Å². The van der Waals surface area contributed by atoms with Gasteiger partial charge in [-0.15, -0.1) is 0 Å². The van der Waals surface area contributed by atoms with Gasteiger partial charge < -0.3 is 15.0 Å². The van der Waals surface area contributed by atoms with E-state index in [1.165, 1.54) is 36.9 Å². The molecule has 0 radical (unpaired) electrons. The van der Waals surface area contributed by atoms with Crippen LogP contribution in [0.25, 0.3) is 0 Å². The van der Waals surface area contributed by atoms with E-state index < -0.39 is 0 Å². The van der Waals surface area contributed by atoms with Gasteiger partial charge in [-0.05, 0) is 57.6 Å². The van der Waals surface area contributed by atoms with E-state index in [9.17, 15) is 0 Å². The van der Waals surface area contributed by atoms with Crippen molar-refractivity contribution >= 4 is 0 Å². The second-order valence-electron chi connectivity index (χ2n) is 5.77. The van der Waals surface area contributed by atoms with Gasteiger partial charge >= 0.3 is 0 Å². The summed E-state index contributed by atoms with van der Waals surface area (Å²) in [6, 6.07) is 9.23. The Bertz CT molecular complexity index is 394. The molecular formula is C17H28N2O. The van der Waals surface area contributed by atoms with E-state index in [1.54, 1.807) is 0 Å². The predicted octanol–water partition coefficient (Wildman–Crippen LogP) is 2.45. The fourth-order valence-corrected chi connectivity index (χ4v) is 2.86. The minimum atomic E-state index is 0.605. The zero-order valence-corrected chi connectivity index (χ0v) is 12.9. The molecule has 0 aromatic heterocycles. The summed E-state index contributed by atoms with van der Waals surface area (Å²) < 4.78 is 5.99. The van der Waals surface area contributed by atoms with E-state index in [2.05, 4.69) is 41.5 Å². The summed E-state index contributed by atoms with van der Waals surface area (Å²) >= 11 is 0. The number of likely N-dealkylation sites (tertiary alicyclic amines) is 1. The molecule has 1 heterocycles. The number of nitrogens with one attached hydrogen (secondary N) is 1. The molecule has 1 N–H and O–H groups in total.